The van der Waals surface area contributed by atoms with Crippen LogP contribution in [0, 0.1) is 0 Å². The monoisotopic (exact) mass is 420 g/mol. The molecule has 2 aromatic carbocycles. The molecule has 7 nitrogen and oxygen atoms in total. The molecular formula is C24H28N4O3. The molecule has 0 saturated carbocycles. The second kappa shape index (κ2) is 11.1. The Kier molecular flexibility index (Phi) is 7.92. The van der Waals surface area contributed by atoms with E-state index in [0.717, 1.165) is 37.0 Å². The molecule has 0 atom stereocenters. The molecule has 162 valence electrons. The number of benzene rings is 2. The first-order valence-corrected chi connectivity index (χ1v) is 10.7. The molecule has 1 N–H and O–H groups in total. The Labute approximate surface area is 181 Å². The van der Waals surface area contributed by atoms with Crippen molar-refractivity contribution in [3.8, 4) is 5.75 Å². The Hall–Kier alpha value is -3.48. The summed E-state index contributed by atoms with van der Waals surface area (Å²) in [7, 11) is 0. The zero-order valence-corrected chi connectivity index (χ0v) is 18.0. The van der Waals surface area contributed by atoms with E-state index >= 15 is 0 Å². The lowest BCUT2D eigenvalue weighted by molar-refractivity contribution is 0.0949. The maximum absolute atomic E-state index is 12.8. The molecule has 1 amide bonds. The van der Waals surface area contributed by atoms with E-state index < -0.39 is 5.91 Å². The number of hydrazone groups is 1. The van der Waals surface area contributed by atoms with Crippen molar-refractivity contribution in [3.05, 3.63) is 70.1 Å². The van der Waals surface area contributed by atoms with Gasteiger partial charge in [0.15, 0.2) is 5.69 Å². The van der Waals surface area contributed by atoms with Crippen LogP contribution in [0.15, 0.2) is 58.4 Å². The van der Waals surface area contributed by atoms with E-state index in [4.69, 9.17) is 4.74 Å². The molecule has 3 aromatic rings. The van der Waals surface area contributed by atoms with Gasteiger partial charge in [0, 0.05) is 11.9 Å². The molecule has 0 saturated heterocycles. The molecule has 0 aliphatic heterocycles. The number of unbranched alkanes of at least 4 members (excludes halogenated alkanes) is 2. The van der Waals surface area contributed by atoms with Gasteiger partial charge in [0.1, 0.15) is 5.75 Å². The third-order valence-corrected chi connectivity index (χ3v) is 4.83. The molecule has 7 heteroatoms. The molecular weight excluding hydrogens is 392 g/mol. The number of hydrogen-bond donors (Lipinski definition) is 1. The van der Waals surface area contributed by atoms with Crippen LogP contribution in [0.5, 0.6) is 5.75 Å². The van der Waals surface area contributed by atoms with Crippen LogP contribution >= 0.6 is 0 Å². The van der Waals surface area contributed by atoms with Crippen molar-refractivity contribution in [2.45, 2.75) is 46.1 Å². The zero-order valence-electron chi connectivity index (χ0n) is 18.0. The van der Waals surface area contributed by atoms with Crippen LogP contribution in [-0.2, 0) is 6.54 Å². The van der Waals surface area contributed by atoms with Gasteiger partial charge in [-0.1, -0.05) is 44.9 Å². The van der Waals surface area contributed by atoms with Crippen molar-refractivity contribution < 1.29 is 9.53 Å². The van der Waals surface area contributed by atoms with E-state index in [9.17, 15) is 9.59 Å². The average molecular weight is 421 g/mol. The van der Waals surface area contributed by atoms with Crippen molar-refractivity contribution in [2.24, 2.45) is 5.10 Å². The summed E-state index contributed by atoms with van der Waals surface area (Å²) in [5.41, 5.74) is 3.34. The molecule has 0 spiro atoms. The maximum atomic E-state index is 12.8. The number of aromatic nitrogens is 2. The van der Waals surface area contributed by atoms with E-state index in [1.54, 1.807) is 30.5 Å². The predicted molar refractivity (Wildman–Crippen MR) is 123 cm³/mol. The highest BCUT2D eigenvalue weighted by atomic mass is 16.5. The summed E-state index contributed by atoms with van der Waals surface area (Å²) in [6.07, 6.45) is 5.40. The van der Waals surface area contributed by atoms with Gasteiger partial charge < -0.3 is 4.74 Å². The van der Waals surface area contributed by atoms with Gasteiger partial charge in [0.25, 0.3) is 11.5 Å². The van der Waals surface area contributed by atoms with Gasteiger partial charge in [-0.25, -0.2) is 10.1 Å². The van der Waals surface area contributed by atoms with E-state index in [1.165, 1.54) is 4.68 Å². The Morgan fingerprint density at radius 2 is 1.77 bits per heavy atom. The van der Waals surface area contributed by atoms with Crippen LogP contribution in [0.2, 0.25) is 0 Å². The molecule has 31 heavy (non-hydrogen) atoms. The number of rotatable bonds is 10. The van der Waals surface area contributed by atoms with Gasteiger partial charge in [-0.05, 0) is 48.7 Å². The topological polar surface area (TPSA) is 85.6 Å². The van der Waals surface area contributed by atoms with Gasteiger partial charge in [-0.3, -0.25) is 9.59 Å². The highest BCUT2D eigenvalue weighted by molar-refractivity contribution is 6.04. The average Bonchev–Trinajstić information content (AvgIpc) is 2.80. The van der Waals surface area contributed by atoms with Crippen molar-refractivity contribution in [1.82, 2.24) is 15.2 Å². The third kappa shape index (κ3) is 5.78. The fourth-order valence-corrected chi connectivity index (χ4v) is 3.07. The summed E-state index contributed by atoms with van der Waals surface area (Å²) in [6, 6.07) is 14.5. The highest BCUT2D eigenvalue weighted by Crippen LogP contribution is 2.14. The molecule has 0 radical (unpaired) electrons. The minimum absolute atomic E-state index is 0.183. The number of aryl methyl sites for hydroxylation is 1. The van der Waals surface area contributed by atoms with Crippen molar-refractivity contribution in [2.75, 3.05) is 6.61 Å². The highest BCUT2D eigenvalue weighted by Gasteiger charge is 2.16. The molecule has 1 aromatic heterocycles. The molecule has 0 unspecified atom stereocenters. The van der Waals surface area contributed by atoms with Gasteiger partial charge in [-0.15, -0.1) is 0 Å². The van der Waals surface area contributed by atoms with Gasteiger partial charge >= 0.3 is 0 Å². The minimum Gasteiger partial charge on any atom is -0.494 e. The Morgan fingerprint density at radius 3 is 2.48 bits per heavy atom. The summed E-state index contributed by atoms with van der Waals surface area (Å²) in [5.74, 6) is 0.344. The minimum atomic E-state index is -0.461. The zero-order chi connectivity index (χ0) is 22.1. The first-order chi connectivity index (χ1) is 15.1. The van der Waals surface area contributed by atoms with Gasteiger partial charge in [0.2, 0.25) is 0 Å². The van der Waals surface area contributed by atoms with Crippen molar-refractivity contribution in [3.63, 3.8) is 0 Å². The van der Waals surface area contributed by atoms with Crippen LogP contribution in [0.25, 0.3) is 10.8 Å². The second-order valence-electron chi connectivity index (χ2n) is 7.25. The van der Waals surface area contributed by atoms with E-state index in [1.807, 2.05) is 31.2 Å². The van der Waals surface area contributed by atoms with Gasteiger partial charge in [-0.2, -0.15) is 10.2 Å². The molecule has 1 heterocycles. The fourth-order valence-electron chi connectivity index (χ4n) is 3.07. The van der Waals surface area contributed by atoms with Crippen molar-refractivity contribution in [1.29, 1.82) is 0 Å². The molecule has 0 bridgehead atoms. The number of nitrogens with one attached hydrogen (secondary N) is 1. The van der Waals surface area contributed by atoms with Crippen LogP contribution in [0.4, 0.5) is 0 Å². The van der Waals surface area contributed by atoms with E-state index in [0.29, 0.717) is 23.9 Å². The number of hydrogen-bond acceptors (Lipinski definition) is 5. The van der Waals surface area contributed by atoms with Crippen LogP contribution in [0.3, 0.4) is 0 Å². The number of ether oxygens (including phenoxy) is 1. The third-order valence-electron chi connectivity index (χ3n) is 4.83. The van der Waals surface area contributed by atoms with Gasteiger partial charge in [0.05, 0.1) is 18.2 Å². The second-order valence-corrected chi connectivity index (χ2v) is 7.25. The lowest BCUT2D eigenvalue weighted by Crippen LogP contribution is -2.29. The molecule has 0 fully saturated rings. The van der Waals surface area contributed by atoms with E-state index in [-0.39, 0.29) is 11.3 Å². The van der Waals surface area contributed by atoms with Crippen molar-refractivity contribution >= 4 is 22.9 Å². The lowest BCUT2D eigenvalue weighted by atomic mass is 10.1. The molecule has 0 aliphatic rings. The standard InChI is InChI=1S/C24H28N4O3/c1-3-5-15-28-24(30)21-10-8-7-9-20(21)22(27-28)23(29)26-25-17-18-11-13-19(14-12-18)31-16-6-4-2/h7-14,17H,3-6,15-16H2,1-2H3,(H,26,29)/b25-17+. The Bertz CT molecular complexity index is 1100. The molecule has 3 rings (SSSR count). The van der Waals surface area contributed by atoms with Crippen LogP contribution < -0.4 is 15.7 Å². The SMILES string of the molecule is CCCCOc1ccc(/C=N/NC(=O)c2nn(CCCC)c(=O)c3ccccc23)cc1. The van der Waals surface area contributed by atoms with Crippen LogP contribution in [0.1, 0.15) is 55.6 Å². The quantitative estimate of drug-likeness (QED) is 0.303. The normalized spacial score (nSPS) is 11.2. The number of nitrogens with zero attached hydrogens (tertiary/aromatic N) is 3. The summed E-state index contributed by atoms with van der Waals surface area (Å²) < 4.78 is 7.00. The Balaban J connectivity index is 1.74. The summed E-state index contributed by atoms with van der Waals surface area (Å²) in [5, 5.41) is 9.35. The first kappa shape index (κ1) is 22.2. The Morgan fingerprint density at radius 1 is 1.06 bits per heavy atom. The molecule has 0 aliphatic carbocycles. The maximum Gasteiger partial charge on any atom is 0.292 e. The van der Waals surface area contributed by atoms with Crippen LogP contribution in [-0.4, -0.2) is 28.5 Å². The number of carbonyl (C=O) groups excluding carboxylic acids is 1. The van der Waals surface area contributed by atoms with E-state index in [2.05, 4.69) is 22.5 Å². The fraction of sp³-hybridized carbons (Fsp3) is 0.333. The number of carbonyl (C=O) groups is 1. The smallest absolute Gasteiger partial charge is 0.292 e. The summed E-state index contributed by atoms with van der Waals surface area (Å²) in [4.78, 5) is 25.4. The lowest BCUT2D eigenvalue weighted by Gasteiger charge is -2.09. The number of fused-ring (bicyclic) bond motifs is 1. The summed E-state index contributed by atoms with van der Waals surface area (Å²) in [6.45, 7) is 5.32. The largest absolute Gasteiger partial charge is 0.494 e. The summed E-state index contributed by atoms with van der Waals surface area (Å²) >= 11 is 0. The number of amides is 1. The first-order valence-electron chi connectivity index (χ1n) is 10.7. The predicted octanol–water partition coefficient (Wildman–Crippen LogP) is 4.14.